The largest absolute Gasteiger partial charge is 0.444 e. The molecule has 1 heterocycles. The molecule has 2 aliphatic rings. The van der Waals surface area contributed by atoms with E-state index in [1.165, 1.54) is 25.7 Å². The summed E-state index contributed by atoms with van der Waals surface area (Å²) in [5, 5.41) is 5.49. The molecule has 7 nitrogen and oxygen atoms in total. The summed E-state index contributed by atoms with van der Waals surface area (Å²) < 4.78 is 5.13. The van der Waals surface area contributed by atoms with Crippen LogP contribution < -0.4 is 10.6 Å². The summed E-state index contributed by atoms with van der Waals surface area (Å²) in [7, 11) is 0. The zero-order valence-corrected chi connectivity index (χ0v) is 17.5. The van der Waals surface area contributed by atoms with Crippen LogP contribution in [0, 0.1) is 11.8 Å². The first-order valence-electron chi connectivity index (χ1n) is 10.4. The van der Waals surface area contributed by atoms with E-state index in [-0.39, 0.29) is 18.4 Å². The van der Waals surface area contributed by atoms with E-state index in [0.717, 1.165) is 12.8 Å². The number of hydrogen-bond donors (Lipinski definition) is 2. The van der Waals surface area contributed by atoms with Gasteiger partial charge >= 0.3 is 6.09 Å². The number of rotatable bonds is 6. The molecule has 2 fully saturated rings. The number of piperidine rings is 1. The number of ether oxygens (including phenoxy) is 1. The Morgan fingerprint density at radius 2 is 1.68 bits per heavy atom. The third kappa shape index (κ3) is 8.31. The highest BCUT2D eigenvalue weighted by Gasteiger charge is 2.24. The van der Waals surface area contributed by atoms with Crippen molar-refractivity contribution < 1.29 is 19.1 Å². The lowest BCUT2D eigenvalue weighted by molar-refractivity contribution is -0.131. The van der Waals surface area contributed by atoms with Crippen LogP contribution in [0.15, 0.2) is 12.2 Å². The molecule has 0 radical (unpaired) electrons. The molecule has 2 rings (SSSR count). The average molecular weight is 394 g/mol. The number of likely N-dealkylation sites (tertiary alicyclic amines) is 1. The lowest BCUT2D eigenvalue weighted by atomic mass is 9.96. The van der Waals surface area contributed by atoms with Crippen molar-refractivity contribution in [2.45, 2.75) is 64.9 Å². The minimum absolute atomic E-state index is 0.0213. The first-order chi connectivity index (χ1) is 13.2. The fourth-order valence-corrected chi connectivity index (χ4v) is 3.64. The second kappa shape index (κ2) is 10.5. The van der Waals surface area contributed by atoms with Gasteiger partial charge in [0.1, 0.15) is 12.1 Å². The number of hydrogen-bond acceptors (Lipinski definition) is 4. The fourth-order valence-electron chi connectivity index (χ4n) is 3.64. The molecular weight excluding hydrogens is 358 g/mol. The van der Waals surface area contributed by atoms with Crippen molar-refractivity contribution in [3.8, 4) is 0 Å². The molecule has 2 N–H and O–H groups in total. The van der Waals surface area contributed by atoms with Crippen LogP contribution in [-0.4, -0.2) is 54.6 Å². The summed E-state index contributed by atoms with van der Waals surface area (Å²) >= 11 is 0. The number of allylic oxidation sites excluding steroid dienone is 1. The number of nitrogens with zero attached hydrogens (tertiary/aromatic N) is 1. The number of alkyl carbamates (subject to hydrolysis) is 1. The van der Waals surface area contributed by atoms with Gasteiger partial charge in [-0.3, -0.25) is 9.59 Å². The standard InChI is InChI=1S/C21H35N3O4/c1-21(2,3)28-20(27)23-15-19(26)24-12-10-17(11-13-24)14-22-18(25)9-8-16-6-4-5-7-16/h8-9,16-17H,4-7,10-15H2,1-3H3,(H,22,25)(H,23,27)/b9-8+. The Hall–Kier alpha value is -2.05. The van der Waals surface area contributed by atoms with Crippen molar-refractivity contribution in [2.75, 3.05) is 26.2 Å². The number of nitrogens with one attached hydrogen (secondary N) is 2. The third-order valence-corrected chi connectivity index (χ3v) is 5.23. The van der Waals surface area contributed by atoms with Crippen LogP contribution in [0.25, 0.3) is 0 Å². The van der Waals surface area contributed by atoms with Crippen molar-refractivity contribution >= 4 is 17.9 Å². The SMILES string of the molecule is CC(C)(C)OC(=O)NCC(=O)N1CCC(CNC(=O)/C=C/C2CCCC2)CC1. The summed E-state index contributed by atoms with van der Waals surface area (Å²) in [5.41, 5.74) is -0.581. The van der Waals surface area contributed by atoms with Crippen LogP contribution in [0.5, 0.6) is 0 Å². The van der Waals surface area contributed by atoms with E-state index in [0.29, 0.717) is 31.5 Å². The van der Waals surface area contributed by atoms with E-state index in [2.05, 4.69) is 10.6 Å². The maximum absolute atomic E-state index is 12.2. The van der Waals surface area contributed by atoms with Crippen LogP contribution in [0.4, 0.5) is 4.79 Å². The van der Waals surface area contributed by atoms with Crippen molar-refractivity contribution in [2.24, 2.45) is 11.8 Å². The molecule has 0 atom stereocenters. The molecule has 1 saturated carbocycles. The predicted molar refractivity (Wildman–Crippen MR) is 108 cm³/mol. The summed E-state index contributed by atoms with van der Waals surface area (Å²) in [5.74, 6) is 0.820. The van der Waals surface area contributed by atoms with Gasteiger partial charge in [0.25, 0.3) is 0 Å². The zero-order valence-electron chi connectivity index (χ0n) is 17.5. The first kappa shape index (κ1) is 22.2. The fraction of sp³-hybridized carbons (Fsp3) is 0.762. The van der Waals surface area contributed by atoms with E-state index in [9.17, 15) is 14.4 Å². The number of carbonyl (C=O) groups excluding carboxylic acids is 3. The van der Waals surface area contributed by atoms with Gasteiger partial charge in [-0.15, -0.1) is 0 Å². The molecule has 7 heteroatoms. The molecule has 1 aliphatic heterocycles. The van der Waals surface area contributed by atoms with Gasteiger partial charge in [-0.05, 0) is 64.4 Å². The van der Waals surface area contributed by atoms with Gasteiger partial charge in [0.05, 0.1) is 0 Å². The van der Waals surface area contributed by atoms with Crippen molar-refractivity contribution in [3.63, 3.8) is 0 Å². The predicted octanol–water partition coefficient (Wildman–Crippen LogP) is 2.61. The van der Waals surface area contributed by atoms with E-state index < -0.39 is 11.7 Å². The van der Waals surface area contributed by atoms with Gasteiger partial charge < -0.3 is 20.3 Å². The minimum Gasteiger partial charge on any atom is -0.444 e. The molecule has 0 aromatic rings. The summed E-state index contributed by atoms with van der Waals surface area (Å²) in [6, 6.07) is 0. The molecule has 28 heavy (non-hydrogen) atoms. The lowest BCUT2D eigenvalue weighted by Crippen LogP contribution is -2.46. The Bertz CT molecular complexity index is 569. The van der Waals surface area contributed by atoms with Crippen LogP contribution in [0.2, 0.25) is 0 Å². The second-order valence-electron chi connectivity index (χ2n) is 8.83. The molecule has 0 aromatic heterocycles. The van der Waals surface area contributed by atoms with Gasteiger partial charge in [0.15, 0.2) is 0 Å². The van der Waals surface area contributed by atoms with Crippen LogP contribution in [0.1, 0.15) is 59.3 Å². The van der Waals surface area contributed by atoms with Gasteiger partial charge in [0, 0.05) is 19.6 Å². The Labute approximate surface area is 168 Å². The van der Waals surface area contributed by atoms with Gasteiger partial charge in [-0.2, -0.15) is 0 Å². The highest BCUT2D eigenvalue weighted by Crippen LogP contribution is 2.25. The zero-order chi connectivity index (χ0) is 20.6. The number of carbonyl (C=O) groups is 3. The van der Waals surface area contributed by atoms with Crippen molar-refractivity contribution in [1.82, 2.24) is 15.5 Å². The van der Waals surface area contributed by atoms with Crippen LogP contribution in [0.3, 0.4) is 0 Å². The topological polar surface area (TPSA) is 87.7 Å². The Balaban J connectivity index is 1.60. The number of amides is 3. The molecule has 0 spiro atoms. The monoisotopic (exact) mass is 393 g/mol. The highest BCUT2D eigenvalue weighted by atomic mass is 16.6. The summed E-state index contributed by atoms with van der Waals surface area (Å²) in [6.45, 7) is 7.22. The Morgan fingerprint density at radius 3 is 2.29 bits per heavy atom. The molecule has 1 saturated heterocycles. The van der Waals surface area contributed by atoms with Gasteiger partial charge in [0.2, 0.25) is 11.8 Å². The van der Waals surface area contributed by atoms with E-state index in [1.54, 1.807) is 31.7 Å². The normalized spacial score (nSPS) is 19.0. The molecule has 0 bridgehead atoms. The Morgan fingerprint density at radius 1 is 1.04 bits per heavy atom. The average Bonchev–Trinajstić information content (AvgIpc) is 3.15. The minimum atomic E-state index is -0.581. The summed E-state index contributed by atoms with van der Waals surface area (Å²) in [4.78, 5) is 37.6. The molecule has 158 valence electrons. The quantitative estimate of drug-likeness (QED) is 0.679. The van der Waals surface area contributed by atoms with Gasteiger partial charge in [-0.1, -0.05) is 18.9 Å². The first-order valence-corrected chi connectivity index (χ1v) is 10.4. The van der Waals surface area contributed by atoms with Gasteiger partial charge in [-0.25, -0.2) is 4.79 Å². The van der Waals surface area contributed by atoms with E-state index in [4.69, 9.17) is 4.74 Å². The molecule has 3 amide bonds. The lowest BCUT2D eigenvalue weighted by Gasteiger charge is -2.32. The summed E-state index contributed by atoms with van der Waals surface area (Å²) in [6.07, 6.45) is 9.76. The van der Waals surface area contributed by atoms with E-state index in [1.807, 2.05) is 6.08 Å². The highest BCUT2D eigenvalue weighted by molar-refractivity contribution is 5.87. The third-order valence-electron chi connectivity index (χ3n) is 5.23. The van der Waals surface area contributed by atoms with Crippen molar-refractivity contribution in [1.29, 1.82) is 0 Å². The molecule has 0 aromatic carbocycles. The molecular formula is C21H35N3O4. The van der Waals surface area contributed by atoms with E-state index >= 15 is 0 Å². The van der Waals surface area contributed by atoms with Crippen molar-refractivity contribution in [3.05, 3.63) is 12.2 Å². The second-order valence-corrected chi connectivity index (χ2v) is 8.83. The maximum Gasteiger partial charge on any atom is 0.408 e. The molecule has 0 unspecified atom stereocenters. The van der Waals surface area contributed by atoms with Crippen LogP contribution >= 0.6 is 0 Å². The van der Waals surface area contributed by atoms with Crippen LogP contribution in [-0.2, 0) is 14.3 Å². The smallest absolute Gasteiger partial charge is 0.408 e. The Kier molecular flexibility index (Phi) is 8.33. The molecule has 1 aliphatic carbocycles. The maximum atomic E-state index is 12.2.